The van der Waals surface area contributed by atoms with Gasteiger partial charge in [-0.15, -0.1) is 0 Å². The zero-order valence-corrected chi connectivity index (χ0v) is 19.8. The minimum atomic E-state index is -0.639. The summed E-state index contributed by atoms with van der Waals surface area (Å²) >= 11 is 0.935. The van der Waals surface area contributed by atoms with Gasteiger partial charge in [-0.3, -0.25) is 14.9 Å². The average molecular weight is 494 g/mol. The molecule has 0 aromatic heterocycles. The molecule has 1 fully saturated rings. The largest absolute Gasteiger partial charge is 0.491 e. The van der Waals surface area contributed by atoms with E-state index >= 15 is 0 Å². The summed E-state index contributed by atoms with van der Waals surface area (Å²) in [5.41, 5.74) is 1.89. The summed E-state index contributed by atoms with van der Waals surface area (Å²) in [6.07, 6.45) is 0.146. The van der Waals surface area contributed by atoms with Crippen molar-refractivity contribution < 1.29 is 24.2 Å². The Morgan fingerprint density at radius 3 is 2.29 bits per heavy atom. The van der Waals surface area contributed by atoms with Crippen LogP contribution in [0.5, 0.6) is 17.2 Å². The van der Waals surface area contributed by atoms with Gasteiger partial charge in [0, 0.05) is 12.2 Å². The lowest BCUT2D eigenvalue weighted by Gasteiger charge is -2.14. The quantitative estimate of drug-likeness (QED) is 0.282. The van der Waals surface area contributed by atoms with E-state index in [0.717, 1.165) is 35.2 Å². The molecule has 35 heavy (non-hydrogen) atoms. The molecular weight excluding hydrogens is 466 g/mol. The fourth-order valence-corrected chi connectivity index (χ4v) is 4.09. The molecule has 2 amide bonds. The van der Waals surface area contributed by atoms with E-state index in [1.165, 1.54) is 0 Å². The number of carbonyl (C=O) groups is 2. The van der Waals surface area contributed by atoms with Crippen molar-refractivity contribution in [3.05, 3.63) is 84.4 Å². The molecule has 8 nitrogen and oxygen atoms in total. The monoisotopic (exact) mass is 493 g/mol. The number of hydrogen-bond acceptors (Lipinski definition) is 8. The molecule has 4 rings (SSSR count). The first-order valence-corrected chi connectivity index (χ1v) is 12.1. The zero-order valence-electron chi connectivity index (χ0n) is 19.0. The van der Waals surface area contributed by atoms with Crippen molar-refractivity contribution in [2.24, 2.45) is 0 Å². The Balaban J connectivity index is 1.11. The van der Waals surface area contributed by atoms with E-state index in [2.05, 4.69) is 16.0 Å². The Morgan fingerprint density at radius 1 is 0.914 bits per heavy atom. The van der Waals surface area contributed by atoms with Gasteiger partial charge in [-0.25, -0.2) is 0 Å². The highest BCUT2D eigenvalue weighted by atomic mass is 32.2. The maximum Gasteiger partial charge on any atom is 0.288 e. The van der Waals surface area contributed by atoms with Crippen LogP contribution >= 0.6 is 11.8 Å². The molecule has 182 valence electrons. The number of aliphatic hydroxyl groups is 1. The lowest BCUT2D eigenvalue weighted by molar-refractivity contribution is -0.118. The fraction of sp³-hybridized carbons (Fsp3) is 0.231. The Bertz CT molecular complexity index is 1110. The van der Waals surface area contributed by atoms with Crippen molar-refractivity contribution in [1.82, 2.24) is 10.6 Å². The summed E-state index contributed by atoms with van der Waals surface area (Å²) in [4.78, 5) is 22.9. The predicted octanol–water partition coefficient (Wildman–Crippen LogP) is 3.77. The summed E-state index contributed by atoms with van der Waals surface area (Å²) in [7, 11) is 0. The molecule has 1 unspecified atom stereocenters. The number of anilines is 1. The summed E-state index contributed by atoms with van der Waals surface area (Å²) in [6, 6.07) is 24.5. The minimum absolute atomic E-state index is 0.182. The van der Waals surface area contributed by atoms with Crippen LogP contribution in [0.1, 0.15) is 5.56 Å². The van der Waals surface area contributed by atoms with E-state index in [9.17, 15) is 14.7 Å². The van der Waals surface area contributed by atoms with Gasteiger partial charge < -0.3 is 25.2 Å². The second-order valence-electron chi connectivity index (χ2n) is 7.92. The lowest BCUT2D eigenvalue weighted by atomic mass is 10.1. The molecule has 1 aliphatic heterocycles. The molecule has 1 saturated heterocycles. The number of amides is 2. The summed E-state index contributed by atoms with van der Waals surface area (Å²) in [5, 5.41) is 17.8. The second-order valence-corrected chi connectivity index (χ2v) is 9.00. The van der Waals surface area contributed by atoms with Crippen LogP contribution in [-0.2, 0) is 11.2 Å². The number of thioether (sulfide) groups is 1. The van der Waals surface area contributed by atoms with Gasteiger partial charge in [0.1, 0.15) is 30.0 Å². The summed E-state index contributed by atoms with van der Waals surface area (Å²) in [6.45, 7) is 1.29. The first-order valence-electron chi connectivity index (χ1n) is 11.3. The average Bonchev–Trinajstić information content (AvgIpc) is 3.19. The molecule has 0 saturated carbocycles. The van der Waals surface area contributed by atoms with Crippen LogP contribution in [0.3, 0.4) is 0 Å². The molecule has 0 spiro atoms. The van der Waals surface area contributed by atoms with Crippen LogP contribution in [-0.4, -0.2) is 47.4 Å². The van der Waals surface area contributed by atoms with Crippen LogP contribution in [0, 0.1) is 0 Å². The molecule has 1 aliphatic rings. The predicted molar refractivity (Wildman–Crippen MR) is 136 cm³/mol. The SMILES string of the molecule is O=C1NC(=O)C(Nc2ccc(CCNC[C@H](O)COc3ccc(Oc4ccccc4)cc3)cc2)S1. The van der Waals surface area contributed by atoms with E-state index in [1.54, 1.807) is 0 Å². The molecule has 4 N–H and O–H groups in total. The first-order chi connectivity index (χ1) is 17.0. The highest BCUT2D eigenvalue weighted by Crippen LogP contribution is 2.24. The van der Waals surface area contributed by atoms with Gasteiger partial charge in [0.25, 0.3) is 11.1 Å². The van der Waals surface area contributed by atoms with E-state index in [0.29, 0.717) is 24.6 Å². The Labute approximate surface area is 208 Å². The molecule has 3 aromatic rings. The Morgan fingerprint density at radius 2 is 1.60 bits per heavy atom. The fourth-order valence-electron chi connectivity index (χ4n) is 3.35. The van der Waals surface area contributed by atoms with Crippen LogP contribution in [0.4, 0.5) is 10.5 Å². The third-order valence-corrected chi connectivity index (χ3v) is 6.04. The van der Waals surface area contributed by atoms with Gasteiger partial charge in [-0.1, -0.05) is 30.3 Å². The lowest BCUT2D eigenvalue weighted by Crippen LogP contribution is -2.32. The number of benzene rings is 3. The highest BCUT2D eigenvalue weighted by molar-refractivity contribution is 8.15. The normalized spacial score (nSPS) is 16.0. The molecular formula is C26H27N3O5S. The smallest absolute Gasteiger partial charge is 0.288 e. The van der Waals surface area contributed by atoms with Gasteiger partial charge in [-0.05, 0) is 78.8 Å². The number of carbonyl (C=O) groups excluding carboxylic acids is 2. The molecule has 0 radical (unpaired) electrons. The van der Waals surface area contributed by atoms with E-state index in [1.807, 2.05) is 78.9 Å². The Hall–Kier alpha value is -3.53. The third kappa shape index (κ3) is 7.74. The number of nitrogens with one attached hydrogen (secondary N) is 3. The van der Waals surface area contributed by atoms with Crippen LogP contribution < -0.4 is 25.4 Å². The molecule has 2 atom stereocenters. The molecule has 3 aromatic carbocycles. The maximum absolute atomic E-state index is 11.6. The summed E-state index contributed by atoms with van der Waals surface area (Å²) < 4.78 is 11.4. The molecule has 0 bridgehead atoms. The van der Waals surface area contributed by atoms with E-state index < -0.39 is 11.5 Å². The number of imide groups is 1. The second kappa shape index (κ2) is 12.3. The Kier molecular flexibility index (Phi) is 8.61. The van der Waals surface area contributed by atoms with Gasteiger partial charge in [-0.2, -0.15) is 0 Å². The standard InChI is InChI=1S/C26H27N3O5S/c30-20(17-33-21-10-12-23(13-11-21)34-22-4-2-1-3-5-22)16-27-15-14-18-6-8-19(9-7-18)28-25-24(31)29-26(32)35-25/h1-13,20,25,27-28,30H,14-17H2,(H,29,31,32)/t20-,25?/m0/s1. The number of ether oxygens (including phenoxy) is 2. The maximum atomic E-state index is 11.6. The van der Waals surface area contributed by atoms with Gasteiger partial charge in [0.15, 0.2) is 5.37 Å². The van der Waals surface area contributed by atoms with Crippen molar-refractivity contribution in [3.8, 4) is 17.2 Å². The van der Waals surface area contributed by atoms with E-state index in [-0.39, 0.29) is 17.8 Å². The number of para-hydroxylation sites is 1. The third-order valence-electron chi connectivity index (χ3n) is 5.16. The van der Waals surface area contributed by atoms with Gasteiger partial charge >= 0.3 is 0 Å². The topological polar surface area (TPSA) is 109 Å². The van der Waals surface area contributed by atoms with Crippen molar-refractivity contribution in [1.29, 1.82) is 0 Å². The summed E-state index contributed by atoms with van der Waals surface area (Å²) in [5.74, 6) is 1.82. The number of aliphatic hydroxyl groups excluding tert-OH is 1. The highest BCUT2D eigenvalue weighted by Gasteiger charge is 2.31. The van der Waals surface area contributed by atoms with Crippen LogP contribution in [0.25, 0.3) is 0 Å². The molecule has 0 aliphatic carbocycles. The van der Waals surface area contributed by atoms with Gasteiger partial charge in [0.2, 0.25) is 0 Å². The van der Waals surface area contributed by atoms with Crippen molar-refractivity contribution in [2.45, 2.75) is 17.9 Å². The number of hydrogen-bond donors (Lipinski definition) is 4. The van der Waals surface area contributed by atoms with Crippen LogP contribution in [0.2, 0.25) is 0 Å². The molecule has 9 heteroatoms. The van der Waals surface area contributed by atoms with Crippen LogP contribution in [0.15, 0.2) is 78.9 Å². The van der Waals surface area contributed by atoms with Crippen molar-refractivity contribution in [2.75, 3.05) is 25.0 Å². The van der Waals surface area contributed by atoms with E-state index in [4.69, 9.17) is 9.47 Å². The van der Waals surface area contributed by atoms with Crippen molar-refractivity contribution in [3.63, 3.8) is 0 Å². The van der Waals surface area contributed by atoms with Crippen molar-refractivity contribution >= 4 is 28.6 Å². The first kappa shape index (κ1) is 24.6. The number of rotatable bonds is 12. The zero-order chi connectivity index (χ0) is 24.5. The minimum Gasteiger partial charge on any atom is -0.491 e. The molecule has 1 heterocycles. The van der Waals surface area contributed by atoms with Gasteiger partial charge in [0.05, 0.1) is 0 Å².